The Morgan fingerprint density at radius 2 is 1.37 bits per heavy atom. The largest absolute Gasteiger partial charge is 0.506 e. The van der Waals surface area contributed by atoms with Crippen molar-refractivity contribution in [3.05, 3.63) is 141 Å². The van der Waals surface area contributed by atoms with Gasteiger partial charge in [-0.1, -0.05) is 136 Å². The van der Waals surface area contributed by atoms with E-state index in [1.807, 2.05) is 74.5 Å². The molecule has 3 atom stereocenters. The SMILES string of the molecule is CCS[C@@H]1[C@@H](C(C)O[Si](C)(C)C(C)(C)C)C(=O)N1C(C(=O)OCc1ccc([N+](=O)[O-])cc1)=C(Oc1cccc(C(=O)O[Si](c2ccccc2)(c2ccccc2)C(C)(C)C)c1)SC(=O)C(C)(C)C. The van der Waals surface area contributed by atoms with Gasteiger partial charge >= 0.3 is 20.3 Å². The van der Waals surface area contributed by atoms with Crippen molar-refractivity contribution in [2.24, 2.45) is 11.3 Å². The van der Waals surface area contributed by atoms with Gasteiger partial charge in [-0.25, -0.2) is 9.59 Å². The van der Waals surface area contributed by atoms with Crippen molar-refractivity contribution >= 4 is 79.2 Å². The van der Waals surface area contributed by atoms with Crippen LogP contribution in [0.1, 0.15) is 92.1 Å². The maximum atomic E-state index is 14.7. The summed E-state index contributed by atoms with van der Waals surface area (Å²) in [7, 11) is -5.70. The minimum Gasteiger partial charge on any atom is -0.506 e. The number of ether oxygens (including phenoxy) is 2. The fourth-order valence-corrected chi connectivity index (χ4v) is 15.3. The fourth-order valence-electron chi connectivity index (χ4n) is 7.43. The van der Waals surface area contributed by atoms with Gasteiger partial charge in [-0.2, -0.15) is 0 Å². The van der Waals surface area contributed by atoms with E-state index in [4.69, 9.17) is 18.3 Å². The van der Waals surface area contributed by atoms with Gasteiger partial charge in [-0.3, -0.25) is 24.6 Å². The summed E-state index contributed by atoms with van der Waals surface area (Å²) in [6.07, 6.45) is -0.516. The van der Waals surface area contributed by atoms with E-state index >= 15 is 0 Å². The molecule has 4 aromatic rings. The van der Waals surface area contributed by atoms with Crippen molar-refractivity contribution in [3.63, 3.8) is 0 Å². The Bertz CT molecular complexity index is 2420. The minimum absolute atomic E-state index is 0.0978. The molecule has 12 nitrogen and oxygen atoms in total. The summed E-state index contributed by atoms with van der Waals surface area (Å²) in [5.74, 6) is -1.95. The highest BCUT2D eigenvalue weighted by Gasteiger charge is 2.57. The van der Waals surface area contributed by atoms with Gasteiger partial charge in [-0.05, 0) is 93.9 Å². The number of esters is 1. The monoisotopic (exact) mass is 984 g/mol. The number of carbonyl (C=O) groups excluding carboxylic acids is 4. The smallest absolute Gasteiger partial charge is 0.359 e. The predicted molar refractivity (Wildman–Crippen MR) is 272 cm³/mol. The second-order valence-electron chi connectivity index (χ2n) is 20.1. The summed E-state index contributed by atoms with van der Waals surface area (Å²) >= 11 is 2.11. The van der Waals surface area contributed by atoms with Gasteiger partial charge in [0.05, 0.1) is 27.9 Å². The summed E-state index contributed by atoms with van der Waals surface area (Å²) < 4.78 is 26.1. The molecule has 1 aliphatic rings. The summed E-state index contributed by atoms with van der Waals surface area (Å²) in [5, 5.41) is 11.3. The Kier molecular flexibility index (Phi) is 16.7. The first-order chi connectivity index (χ1) is 31.2. The Morgan fingerprint density at radius 3 is 1.87 bits per heavy atom. The van der Waals surface area contributed by atoms with Gasteiger partial charge in [-0.15, -0.1) is 11.8 Å². The van der Waals surface area contributed by atoms with E-state index in [1.165, 1.54) is 47.0 Å². The highest BCUT2D eigenvalue weighted by atomic mass is 32.2. The van der Waals surface area contributed by atoms with E-state index in [2.05, 4.69) is 54.6 Å². The van der Waals surface area contributed by atoms with Crippen LogP contribution in [0.3, 0.4) is 0 Å². The first-order valence-corrected chi connectivity index (χ1v) is 29.0. The van der Waals surface area contributed by atoms with Gasteiger partial charge in [0.15, 0.2) is 19.1 Å². The number of benzene rings is 4. The lowest BCUT2D eigenvalue weighted by molar-refractivity contribution is -0.384. The van der Waals surface area contributed by atoms with E-state index in [0.717, 1.165) is 10.4 Å². The molecule has 67 heavy (non-hydrogen) atoms. The number of likely N-dealkylation sites (tertiary alicyclic amines) is 1. The number of nitro benzene ring substituents is 1. The number of carbonyl (C=O) groups is 4. The molecule has 1 amide bonds. The Labute approximate surface area is 406 Å². The van der Waals surface area contributed by atoms with Gasteiger partial charge in [0.25, 0.3) is 5.69 Å². The Hall–Kier alpha value is -5.01. The molecule has 1 saturated heterocycles. The van der Waals surface area contributed by atoms with Crippen molar-refractivity contribution in [2.45, 2.75) is 117 Å². The number of nitrogens with zero attached hydrogens (tertiary/aromatic N) is 2. The zero-order chi connectivity index (χ0) is 49.7. The molecule has 1 heterocycles. The molecule has 0 aliphatic carbocycles. The normalized spacial score (nSPS) is 16.6. The number of thioether (sulfide) groups is 2. The highest BCUT2D eigenvalue weighted by molar-refractivity contribution is 8.16. The summed E-state index contributed by atoms with van der Waals surface area (Å²) in [6, 6.07) is 31.4. The lowest BCUT2D eigenvalue weighted by Gasteiger charge is -2.51. The molecule has 0 radical (unpaired) electrons. The minimum atomic E-state index is -3.34. The number of β-lactam (4-membered cyclic amide) rings is 1. The van der Waals surface area contributed by atoms with Crippen LogP contribution in [0.5, 0.6) is 5.75 Å². The molecule has 5 rings (SSSR count). The van der Waals surface area contributed by atoms with Crippen molar-refractivity contribution in [1.82, 2.24) is 4.90 Å². The molecular weight excluding hydrogens is 921 g/mol. The maximum Gasteiger partial charge on any atom is 0.359 e. The van der Waals surface area contributed by atoms with Crippen LogP contribution in [0.25, 0.3) is 0 Å². The van der Waals surface area contributed by atoms with Crippen LogP contribution in [-0.2, 0) is 34.6 Å². The van der Waals surface area contributed by atoms with E-state index in [9.17, 15) is 29.3 Å². The van der Waals surface area contributed by atoms with E-state index in [-0.39, 0.29) is 44.5 Å². The van der Waals surface area contributed by atoms with Crippen LogP contribution >= 0.6 is 23.5 Å². The Morgan fingerprint density at radius 1 is 0.806 bits per heavy atom. The zero-order valence-corrected chi connectivity index (χ0v) is 44.5. The summed E-state index contributed by atoms with van der Waals surface area (Å²) in [5.41, 5.74) is -0.743. The third-order valence-electron chi connectivity index (χ3n) is 12.1. The molecule has 4 aromatic carbocycles. The second kappa shape index (κ2) is 21.1. The molecule has 1 aliphatic heterocycles. The van der Waals surface area contributed by atoms with E-state index in [1.54, 1.807) is 39.0 Å². The number of nitro groups is 1. The van der Waals surface area contributed by atoms with Crippen LogP contribution in [0.15, 0.2) is 120 Å². The van der Waals surface area contributed by atoms with Crippen LogP contribution in [-0.4, -0.2) is 66.6 Å². The van der Waals surface area contributed by atoms with Crippen LogP contribution in [0.4, 0.5) is 5.69 Å². The van der Waals surface area contributed by atoms with Gasteiger partial charge < -0.3 is 18.3 Å². The second-order valence-corrected chi connectivity index (χ2v) is 31.4. The molecule has 0 saturated carbocycles. The maximum absolute atomic E-state index is 14.7. The third kappa shape index (κ3) is 12.0. The molecule has 1 fully saturated rings. The van der Waals surface area contributed by atoms with Crippen molar-refractivity contribution in [3.8, 4) is 5.75 Å². The number of hydrogen-bond donors (Lipinski definition) is 0. The van der Waals surface area contributed by atoms with Crippen LogP contribution in [0, 0.1) is 21.4 Å². The highest BCUT2D eigenvalue weighted by Crippen LogP contribution is 2.47. The third-order valence-corrected chi connectivity index (χ3v) is 24.0. The van der Waals surface area contributed by atoms with Crippen LogP contribution < -0.4 is 15.1 Å². The summed E-state index contributed by atoms with van der Waals surface area (Å²) in [6.45, 7) is 25.5. The average molecular weight is 985 g/mol. The van der Waals surface area contributed by atoms with Gasteiger partial charge in [0.2, 0.25) is 11.0 Å². The molecule has 0 N–H and O–H groups in total. The molecule has 0 spiro atoms. The first kappa shape index (κ1) is 53.0. The standard InChI is InChI=1S/C51H64N2O10S2Si2/c1-14-64-44-41(34(2)62-66(12,13)50(6,7)8)43(54)52(44)42(46(56)60-33-35-28-30-37(31-29-35)53(58)59)47(65-48(57)49(3,4)5)61-38-23-21-22-36(32-38)45(55)63-67(51(9,10)11,39-24-17-15-18-25-39)40-26-19-16-20-27-40/h15-32,34,41,44H,14,33H2,1-13H3/t34?,41-,44+/m0/s1. The number of hydrogen-bond acceptors (Lipinski definition) is 12. The number of amides is 1. The molecule has 0 bridgehead atoms. The lowest BCUT2D eigenvalue weighted by atomic mass is 9.92. The molecule has 358 valence electrons. The lowest BCUT2D eigenvalue weighted by Crippen LogP contribution is -2.67. The summed E-state index contributed by atoms with van der Waals surface area (Å²) in [4.78, 5) is 70.3. The molecule has 16 heteroatoms. The molecule has 0 aromatic heterocycles. The molecular formula is C51H64N2O10S2Si2. The van der Waals surface area contributed by atoms with Gasteiger partial charge in [0, 0.05) is 17.5 Å². The quantitative estimate of drug-likeness (QED) is 0.0188. The van der Waals surface area contributed by atoms with E-state index < -0.39 is 67.3 Å². The molecule has 1 unspecified atom stereocenters. The zero-order valence-electron chi connectivity index (χ0n) is 40.8. The van der Waals surface area contributed by atoms with Crippen molar-refractivity contribution in [2.75, 3.05) is 5.75 Å². The van der Waals surface area contributed by atoms with Crippen molar-refractivity contribution < 1.29 is 42.4 Å². The Balaban J connectivity index is 1.64. The van der Waals surface area contributed by atoms with Gasteiger partial charge in [0.1, 0.15) is 12.4 Å². The van der Waals surface area contributed by atoms with E-state index in [0.29, 0.717) is 23.1 Å². The number of non-ortho nitro benzene ring substituents is 1. The average Bonchev–Trinajstić information content (AvgIpc) is 3.25. The number of rotatable bonds is 17. The van der Waals surface area contributed by atoms with Crippen molar-refractivity contribution in [1.29, 1.82) is 0 Å². The predicted octanol–water partition coefficient (Wildman–Crippen LogP) is 10.9. The topological polar surface area (TPSA) is 152 Å². The fraction of sp³-hybridized carbons (Fsp3) is 0.412. The van der Waals surface area contributed by atoms with Crippen LogP contribution in [0.2, 0.25) is 23.2 Å². The first-order valence-electron chi connectivity index (χ1n) is 22.3.